The zero-order chi connectivity index (χ0) is 13.8. The summed E-state index contributed by atoms with van der Waals surface area (Å²) in [6, 6.07) is 9.83. The highest BCUT2D eigenvalue weighted by atomic mass is 16.4. The molecule has 5 nitrogen and oxygen atoms in total. The molecule has 102 valence electrons. The van der Waals surface area contributed by atoms with Crippen molar-refractivity contribution in [3.63, 3.8) is 0 Å². The highest BCUT2D eigenvalue weighted by molar-refractivity contribution is 5.92. The fourth-order valence-electron chi connectivity index (χ4n) is 2.13. The molecule has 0 aliphatic rings. The van der Waals surface area contributed by atoms with E-state index in [1.165, 1.54) is 0 Å². The molecular formula is C15H16N4O. The van der Waals surface area contributed by atoms with Gasteiger partial charge in [0.25, 0.3) is 0 Å². The number of hydrogen-bond donors (Lipinski definition) is 1. The third-order valence-electron chi connectivity index (χ3n) is 3.11. The van der Waals surface area contributed by atoms with Gasteiger partial charge in [-0.2, -0.15) is 0 Å². The first-order chi connectivity index (χ1) is 9.88. The molecule has 3 rings (SSSR count). The summed E-state index contributed by atoms with van der Waals surface area (Å²) in [5.74, 6) is 1.21. The Labute approximate surface area is 117 Å². The van der Waals surface area contributed by atoms with E-state index >= 15 is 0 Å². The van der Waals surface area contributed by atoms with E-state index in [4.69, 9.17) is 4.42 Å². The largest absolute Gasteiger partial charge is 0.421 e. The van der Waals surface area contributed by atoms with Crippen molar-refractivity contribution >= 4 is 10.9 Å². The van der Waals surface area contributed by atoms with E-state index in [2.05, 4.69) is 27.4 Å². The number of hydrogen-bond acceptors (Lipinski definition) is 5. The van der Waals surface area contributed by atoms with Gasteiger partial charge in [-0.25, -0.2) is 0 Å². The van der Waals surface area contributed by atoms with Crippen molar-refractivity contribution in [3.05, 3.63) is 42.4 Å². The van der Waals surface area contributed by atoms with Gasteiger partial charge in [0.15, 0.2) is 0 Å². The minimum Gasteiger partial charge on any atom is -0.421 e. The summed E-state index contributed by atoms with van der Waals surface area (Å²) in [6.45, 7) is 3.85. The zero-order valence-corrected chi connectivity index (χ0v) is 11.3. The second-order valence-corrected chi connectivity index (χ2v) is 4.48. The van der Waals surface area contributed by atoms with Gasteiger partial charge >= 0.3 is 0 Å². The van der Waals surface area contributed by atoms with E-state index in [-0.39, 0.29) is 0 Å². The third-order valence-corrected chi connectivity index (χ3v) is 3.11. The first kappa shape index (κ1) is 12.7. The van der Waals surface area contributed by atoms with Gasteiger partial charge in [0.2, 0.25) is 11.8 Å². The van der Waals surface area contributed by atoms with E-state index in [0.29, 0.717) is 11.8 Å². The number of fused-ring (bicyclic) bond motifs is 1. The van der Waals surface area contributed by atoms with Gasteiger partial charge in [0.1, 0.15) is 0 Å². The van der Waals surface area contributed by atoms with Gasteiger partial charge in [-0.1, -0.05) is 19.1 Å². The van der Waals surface area contributed by atoms with Crippen molar-refractivity contribution in [2.75, 3.05) is 13.1 Å². The standard InChI is InChI=1S/C15H16N4O/c1-2-16-10-8-14-18-19-15(20-14)12-5-3-7-13-11(12)6-4-9-17-13/h3-7,9,16H,2,8,10H2,1H3. The van der Waals surface area contributed by atoms with E-state index in [9.17, 15) is 0 Å². The third kappa shape index (κ3) is 2.53. The number of nitrogens with one attached hydrogen (secondary N) is 1. The van der Waals surface area contributed by atoms with Crippen LogP contribution in [0.2, 0.25) is 0 Å². The van der Waals surface area contributed by atoms with Gasteiger partial charge in [0.05, 0.1) is 5.52 Å². The number of pyridine rings is 1. The molecule has 2 heterocycles. The number of nitrogens with zero attached hydrogens (tertiary/aromatic N) is 3. The predicted molar refractivity (Wildman–Crippen MR) is 77.3 cm³/mol. The van der Waals surface area contributed by atoms with Gasteiger partial charge in [-0.05, 0) is 24.7 Å². The minimum absolute atomic E-state index is 0.551. The molecule has 5 heteroatoms. The van der Waals surface area contributed by atoms with Gasteiger partial charge in [-0.3, -0.25) is 4.98 Å². The average Bonchev–Trinajstić information content (AvgIpc) is 2.96. The van der Waals surface area contributed by atoms with Gasteiger partial charge in [-0.15, -0.1) is 10.2 Å². The van der Waals surface area contributed by atoms with E-state index in [1.807, 2.05) is 30.3 Å². The molecule has 1 N–H and O–H groups in total. The fraction of sp³-hybridized carbons (Fsp3) is 0.267. The Bertz CT molecular complexity index is 702. The van der Waals surface area contributed by atoms with Crippen LogP contribution in [0.4, 0.5) is 0 Å². The molecule has 0 spiro atoms. The monoisotopic (exact) mass is 268 g/mol. The van der Waals surface area contributed by atoms with Gasteiger partial charge in [0, 0.05) is 30.1 Å². The Kier molecular flexibility index (Phi) is 3.69. The first-order valence-electron chi connectivity index (χ1n) is 6.75. The van der Waals surface area contributed by atoms with Crippen LogP contribution in [0.3, 0.4) is 0 Å². The smallest absolute Gasteiger partial charge is 0.248 e. The van der Waals surface area contributed by atoms with Crippen LogP contribution in [0.15, 0.2) is 40.9 Å². The van der Waals surface area contributed by atoms with Crippen molar-refractivity contribution in [1.82, 2.24) is 20.5 Å². The molecule has 0 saturated heterocycles. The summed E-state index contributed by atoms with van der Waals surface area (Å²) < 4.78 is 5.73. The SMILES string of the molecule is CCNCCc1nnc(-c2cccc3ncccc23)o1. The summed E-state index contributed by atoms with van der Waals surface area (Å²) >= 11 is 0. The normalized spacial score (nSPS) is 11.1. The minimum atomic E-state index is 0.551. The molecule has 20 heavy (non-hydrogen) atoms. The predicted octanol–water partition coefficient (Wildman–Crippen LogP) is 2.44. The highest BCUT2D eigenvalue weighted by Gasteiger charge is 2.11. The number of likely N-dealkylation sites (N-methyl/N-ethyl adjacent to an activating group) is 1. The second-order valence-electron chi connectivity index (χ2n) is 4.48. The lowest BCUT2D eigenvalue weighted by Crippen LogP contribution is -2.16. The van der Waals surface area contributed by atoms with Crippen molar-refractivity contribution in [2.24, 2.45) is 0 Å². The van der Waals surface area contributed by atoms with Crippen LogP contribution in [0.25, 0.3) is 22.4 Å². The molecule has 0 aliphatic heterocycles. The lowest BCUT2D eigenvalue weighted by Gasteiger charge is -2.01. The Morgan fingerprint density at radius 3 is 3.00 bits per heavy atom. The summed E-state index contributed by atoms with van der Waals surface area (Å²) in [4.78, 5) is 4.33. The summed E-state index contributed by atoms with van der Waals surface area (Å²) in [7, 11) is 0. The molecule has 0 radical (unpaired) electrons. The fourth-order valence-corrected chi connectivity index (χ4v) is 2.13. The molecule has 0 fully saturated rings. The summed E-state index contributed by atoms with van der Waals surface area (Å²) in [5.41, 5.74) is 1.86. The van der Waals surface area contributed by atoms with E-state index < -0.39 is 0 Å². The highest BCUT2D eigenvalue weighted by Crippen LogP contribution is 2.26. The zero-order valence-electron chi connectivity index (χ0n) is 11.3. The van der Waals surface area contributed by atoms with E-state index in [1.54, 1.807) is 6.20 Å². The van der Waals surface area contributed by atoms with Crippen LogP contribution in [0.5, 0.6) is 0 Å². The van der Waals surface area contributed by atoms with Crippen LogP contribution in [0.1, 0.15) is 12.8 Å². The lowest BCUT2D eigenvalue weighted by atomic mass is 10.1. The lowest BCUT2D eigenvalue weighted by molar-refractivity contribution is 0.497. The second kappa shape index (κ2) is 5.79. The average molecular weight is 268 g/mol. The number of rotatable bonds is 5. The molecule has 0 amide bonds. The molecule has 2 aromatic heterocycles. The Morgan fingerprint density at radius 2 is 2.10 bits per heavy atom. The number of benzene rings is 1. The first-order valence-corrected chi connectivity index (χ1v) is 6.75. The van der Waals surface area contributed by atoms with E-state index in [0.717, 1.165) is 36.0 Å². The quantitative estimate of drug-likeness (QED) is 0.720. The van der Waals surface area contributed by atoms with Crippen LogP contribution >= 0.6 is 0 Å². The molecule has 0 atom stereocenters. The van der Waals surface area contributed by atoms with Crippen LogP contribution in [-0.4, -0.2) is 28.3 Å². The Balaban J connectivity index is 1.91. The maximum absolute atomic E-state index is 5.73. The summed E-state index contributed by atoms with van der Waals surface area (Å²) in [5, 5.41) is 12.5. The van der Waals surface area contributed by atoms with Crippen LogP contribution in [0, 0.1) is 0 Å². The maximum atomic E-state index is 5.73. The Morgan fingerprint density at radius 1 is 1.15 bits per heavy atom. The van der Waals surface area contributed by atoms with Crippen molar-refractivity contribution < 1.29 is 4.42 Å². The molecular weight excluding hydrogens is 252 g/mol. The molecule has 0 unspecified atom stereocenters. The molecule has 3 aromatic rings. The number of aromatic nitrogens is 3. The summed E-state index contributed by atoms with van der Waals surface area (Å²) in [6.07, 6.45) is 2.52. The van der Waals surface area contributed by atoms with Crippen LogP contribution < -0.4 is 5.32 Å². The van der Waals surface area contributed by atoms with Crippen molar-refractivity contribution in [3.8, 4) is 11.5 Å². The van der Waals surface area contributed by atoms with Gasteiger partial charge < -0.3 is 9.73 Å². The van der Waals surface area contributed by atoms with Crippen molar-refractivity contribution in [2.45, 2.75) is 13.3 Å². The van der Waals surface area contributed by atoms with Crippen molar-refractivity contribution in [1.29, 1.82) is 0 Å². The maximum Gasteiger partial charge on any atom is 0.248 e. The molecule has 0 aliphatic carbocycles. The topological polar surface area (TPSA) is 63.8 Å². The Hall–Kier alpha value is -2.27. The van der Waals surface area contributed by atoms with Crippen LogP contribution in [-0.2, 0) is 6.42 Å². The molecule has 0 saturated carbocycles. The molecule has 0 bridgehead atoms. The molecule has 1 aromatic carbocycles.